The van der Waals surface area contributed by atoms with Gasteiger partial charge in [0.1, 0.15) is 11.3 Å². The molecular weight excluding hydrogens is 380 g/mol. The van der Waals surface area contributed by atoms with Crippen molar-refractivity contribution < 1.29 is 9.21 Å². The van der Waals surface area contributed by atoms with Crippen molar-refractivity contribution in [1.82, 2.24) is 4.98 Å². The van der Waals surface area contributed by atoms with Crippen LogP contribution in [0.1, 0.15) is 16.2 Å². The average Bonchev–Trinajstić information content (AvgIpc) is 3.27. The number of carbonyl (C=O) groups is 1. The number of benzene rings is 2. The third-order valence-corrected chi connectivity index (χ3v) is 5.05. The monoisotopic (exact) mass is 394 g/mol. The van der Waals surface area contributed by atoms with E-state index in [0.29, 0.717) is 15.9 Å². The van der Waals surface area contributed by atoms with Gasteiger partial charge in [-0.25, -0.2) is 4.98 Å². The molecule has 1 amide bonds. The largest absolute Gasteiger partial charge is 0.457 e. The van der Waals surface area contributed by atoms with E-state index in [-0.39, 0.29) is 5.91 Å². The number of anilines is 1. The number of hydrogen-bond acceptors (Lipinski definition) is 4. The minimum absolute atomic E-state index is 0.255. The maximum absolute atomic E-state index is 12.1. The minimum Gasteiger partial charge on any atom is -0.457 e. The van der Waals surface area contributed by atoms with Gasteiger partial charge in [-0.1, -0.05) is 41.9 Å². The van der Waals surface area contributed by atoms with Gasteiger partial charge in [0.2, 0.25) is 5.91 Å². The van der Waals surface area contributed by atoms with Crippen molar-refractivity contribution >= 4 is 51.0 Å². The van der Waals surface area contributed by atoms with Gasteiger partial charge in [-0.3, -0.25) is 10.1 Å². The molecule has 0 fully saturated rings. The zero-order valence-electron chi connectivity index (χ0n) is 14.2. The Bertz CT molecular complexity index is 1120. The smallest absolute Gasteiger partial charge is 0.250 e. The molecule has 0 aliphatic carbocycles. The Morgan fingerprint density at radius 1 is 1.19 bits per heavy atom. The number of fused-ring (bicyclic) bond motifs is 1. The van der Waals surface area contributed by atoms with Gasteiger partial charge >= 0.3 is 0 Å². The molecule has 0 aliphatic heterocycles. The van der Waals surface area contributed by atoms with E-state index in [1.165, 1.54) is 23.0 Å². The number of furan rings is 1. The van der Waals surface area contributed by atoms with E-state index in [0.717, 1.165) is 22.3 Å². The summed E-state index contributed by atoms with van der Waals surface area (Å²) in [4.78, 5) is 17.5. The molecule has 4 aromatic rings. The van der Waals surface area contributed by atoms with Crippen molar-refractivity contribution in [3.05, 3.63) is 88.1 Å². The average molecular weight is 395 g/mol. The molecule has 2 aromatic heterocycles. The molecule has 0 radical (unpaired) electrons. The Kier molecular flexibility index (Phi) is 5.05. The maximum Gasteiger partial charge on any atom is 0.250 e. The molecule has 2 heterocycles. The molecular formula is C21H15ClN2O2S. The lowest BCUT2D eigenvalue weighted by Crippen LogP contribution is -2.06. The van der Waals surface area contributed by atoms with Gasteiger partial charge in [0, 0.05) is 34.0 Å². The zero-order chi connectivity index (χ0) is 18.6. The Labute approximate surface area is 165 Å². The van der Waals surface area contributed by atoms with Gasteiger partial charge in [0.15, 0.2) is 5.13 Å². The van der Waals surface area contributed by atoms with Crippen molar-refractivity contribution in [2.45, 2.75) is 6.42 Å². The van der Waals surface area contributed by atoms with Crippen LogP contribution in [0.3, 0.4) is 0 Å². The summed E-state index contributed by atoms with van der Waals surface area (Å²) in [6.07, 6.45) is 5.64. The fourth-order valence-corrected chi connectivity index (χ4v) is 3.70. The van der Waals surface area contributed by atoms with Crippen molar-refractivity contribution in [2.24, 2.45) is 0 Å². The van der Waals surface area contributed by atoms with Gasteiger partial charge in [-0.05, 0) is 35.9 Å². The van der Waals surface area contributed by atoms with Crippen LogP contribution in [0.2, 0.25) is 5.02 Å². The van der Waals surface area contributed by atoms with Gasteiger partial charge < -0.3 is 4.42 Å². The Morgan fingerprint density at radius 3 is 2.89 bits per heavy atom. The first kappa shape index (κ1) is 17.5. The van der Waals surface area contributed by atoms with Crippen LogP contribution >= 0.6 is 22.9 Å². The van der Waals surface area contributed by atoms with Gasteiger partial charge in [0.25, 0.3) is 0 Å². The first-order valence-corrected chi connectivity index (χ1v) is 9.52. The molecule has 4 rings (SSSR count). The molecule has 0 saturated heterocycles. The number of thiazole rings is 1. The second-order valence-corrected chi connectivity index (χ2v) is 7.50. The summed E-state index contributed by atoms with van der Waals surface area (Å²) in [5.74, 6) is 0.334. The van der Waals surface area contributed by atoms with Crippen LogP contribution in [-0.4, -0.2) is 10.9 Å². The normalized spacial score (nSPS) is 11.3. The van der Waals surface area contributed by atoms with Crippen LogP contribution < -0.4 is 5.32 Å². The minimum atomic E-state index is -0.255. The fraction of sp³-hybridized carbons (Fsp3) is 0.0476. The standard InChI is InChI=1S/C21H15ClN2O2S/c22-16-6-8-19-15(11-16)12-17(26-19)7-9-20(25)24-21-23-13-18(27-21)10-14-4-2-1-3-5-14/h1-9,11-13H,10H2,(H,23,24,25)/b9-7+. The van der Waals surface area contributed by atoms with Crippen molar-refractivity contribution in [2.75, 3.05) is 5.32 Å². The van der Waals surface area contributed by atoms with Gasteiger partial charge in [0.05, 0.1) is 0 Å². The maximum atomic E-state index is 12.1. The van der Waals surface area contributed by atoms with Gasteiger partial charge in [-0.2, -0.15) is 0 Å². The molecule has 134 valence electrons. The number of nitrogens with zero attached hydrogens (tertiary/aromatic N) is 1. The Hall–Kier alpha value is -2.89. The highest BCUT2D eigenvalue weighted by atomic mass is 35.5. The number of aromatic nitrogens is 1. The number of halogens is 1. The van der Waals surface area contributed by atoms with E-state index in [4.69, 9.17) is 16.0 Å². The SMILES string of the molecule is O=C(/C=C/c1cc2cc(Cl)ccc2o1)Nc1ncc(Cc2ccccc2)s1. The second kappa shape index (κ2) is 7.78. The summed E-state index contributed by atoms with van der Waals surface area (Å²) >= 11 is 7.44. The zero-order valence-corrected chi connectivity index (χ0v) is 15.8. The highest BCUT2D eigenvalue weighted by Crippen LogP contribution is 2.24. The molecule has 0 bridgehead atoms. The lowest BCUT2D eigenvalue weighted by molar-refractivity contribution is -0.111. The molecule has 0 atom stereocenters. The lowest BCUT2D eigenvalue weighted by Gasteiger charge is -1.97. The van der Waals surface area contributed by atoms with Crippen LogP contribution in [0.5, 0.6) is 0 Å². The Morgan fingerprint density at radius 2 is 2.04 bits per heavy atom. The van der Waals surface area contributed by atoms with Crippen LogP contribution in [0, 0.1) is 0 Å². The molecule has 0 saturated carbocycles. The predicted molar refractivity (Wildman–Crippen MR) is 110 cm³/mol. The summed E-state index contributed by atoms with van der Waals surface area (Å²) < 4.78 is 5.66. The summed E-state index contributed by atoms with van der Waals surface area (Å²) in [6.45, 7) is 0. The molecule has 0 unspecified atom stereocenters. The third-order valence-electron chi connectivity index (χ3n) is 3.90. The fourth-order valence-electron chi connectivity index (χ4n) is 2.67. The number of amides is 1. The highest BCUT2D eigenvalue weighted by Gasteiger charge is 2.06. The number of carbonyl (C=O) groups excluding carboxylic acids is 1. The quantitative estimate of drug-likeness (QED) is 0.436. The number of rotatable bonds is 5. The summed E-state index contributed by atoms with van der Waals surface area (Å²) in [5.41, 5.74) is 1.94. The van der Waals surface area contributed by atoms with E-state index >= 15 is 0 Å². The Balaban J connectivity index is 1.39. The highest BCUT2D eigenvalue weighted by molar-refractivity contribution is 7.15. The molecule has 1 N–H and O–H groups in total. The van der Waals surface area contributed by atoms with E-state index in [1.807, 2.05) is 30.3 Å². The van der Waals surface area contributed by atoms with E-state index in [9.17, 15) is 4.79 Å². The van der Waals surface area contributed by atoms with Crippen LogP contribution in [0.25, 0.3) is 17.0 Å². The van der Waals surface area contributed by atoms with E-state index in [1.54, 1.807) is 24.4 Å². The van der Waals surface area contributed by atoms with E-state index in [2.05, 4.69) is 22.4 Å². The summed E-state index contributed by atoms with van der Waals surface area (Å²) in [5, 5.41) is 4.90. The van der Waals surface area contributed by atoms with Crippen molar-refractivity contribution in [3.8, 4) is 0 Å². The molecule has 6 heteroatoms. The van der Waals surface area contributed by atoms with Crippen molar-refractivity contribution in [1.29, 1.82) is 0 Å². The summed E-state index contributed by atoms with van der Waals surface area (Å²) in [7, 11) is 0. The molecule has 2 aromatic carbocycles. The van der Waals surface area contributed by atoms with Crippen molar-refractivity contribution in [3.63, 3.8) is 0 Å². The van der Waals surface area contributed by atoms with Crippen LogP contribution in [0.4, 0.5) is 5.13 Å². The molecule has 0 aliphatic rings. The molecule has 27 heavy (non-hydrogen) atoms. The van der Waals surface area contributed by atoms with Crippen LogP contribution in [-0.2, 0) is 11.2 Å². The third kappa shape index (κ3) is 4.45. The predicted octanol–water partition coefficient (Wildman–Crippen LogP) is 5.79. The van der Waals surface area contributed by atoms with Gasteiger partial charge in [-0.15, -0.1) is 11.3 Å². The first-order valence-electron chi connectivity index (χ1n) is 8.32. The number of hydrogen-bond donors (Lipinski definition) is 1. The first-order chi connectivity index (χ1) is 13.2. The topological polar surface area (TPSA) is 55.1 Å². The van der Waals surface area contributed by atoms with E-state index < -0.39 is 0 Å². The number of nitrogens with one attached hydrogen (secondary N) is 1. The molecule has 4 nitrogen and oxygen atoms in total. The second-order valence-electron chi connectivity index (χ2n) is 5.95. The van der Waals surface area contributed by atoms with Crippen LogP contribution in [0.15, 0.2) is 71.3 Å². The summed E-state index contributed by atoms with van der Waals surface area (Å²) in [6, 6.07) is 17.4. The molecule has 0 spiro atoms. The lowest BCUT2D eigenvalue weighted by atomic mass is 10.1.